The van der Waals surface area contributed by atoms with Crippen molar-refractivity contribution >= 4 is 15.9 Å². The largest absolute Gasteiger partial charge is 0.496 e. The minimum Gasteiger partial charge on any atom is -0.496 e. The Morgan fingerprint density at radius 3 is 2.26 bits per heavy atom. The van der Waals surface area contributed by atoms with Crippen LogP contribution in [0.15, 0.2) is 35.2 Å². The molecule has 0 saturated carbocycles. The van der Waals surface area contributed by atoms with E-state index in [-0.39, 0.29) is 23.3 Å². The van der Waals surface area contributed by atoms with Gasteiger partial charge < -0.3 is 14.8 Å². The summed E-state index contributed by atoms with van der Waals surface area (Å²) in [6.45, 7) is 9.32. The normalized spacial score (nSPS) is 15.3. The van der Waals surface area contributed by atoms with Crippen molar-refractivity contribution in [2.75, 3.05) is 27.3 Å². The molecule has 35 heavy (non-hydrogen) atoms. The minimum absolute atomic E-state index is 0.103. The van der Waals surface area contributed by atoms with E-state index >= 15 is 0 Å². The van der Waals surface area contributed by atoms with Crippen LogP contribution in [0.3, 0.4) is 0 Å². The van der Waals surface area contributed by atoms with Gasteiger partial charge in [-0.25, -0.2) is 8.42 Å². The van der Waals surface area contributed by atoms with Gasteiger partial charge in [0.05, 0.1) is 25.2 Å². The van der Waals surface area contributed by atoms with Crippen molar-refractivity contribution in [2.45, 2.75) is 70.2 Å². The zero-order valence-electron chi connectivity index (χ0n) is 21.7. The molecule has 7 nitrogen and oxygen atoms in total. The van der Waals surface area contributed by atoms with Crippen LogP contribution >= 0.6 is 0 Å². The molecule has 0 aromatic heterocycles. The number of benzene rings is 2. The van der Waals surface area contributed by atoms with Crippen LogP contribution in [0.4, 0.5) is 0 Å². The van der Waals surface area contributed by atoms with Crippen molar-refractivity contribution in [1.82, 2.24) is 9.62 Å². The summed E-state index contributed by atoms with van der Waals surface area (Å²) in [7, 11) is -0.313. The molecule has 0 radical (unpaired) electrons. The monoisotopic (exact) mass is 502 g/mol. The van der Waals surface area contributed by atoms with Crippen LogP contribution in [0.25, 0.3) is 0 Å². The fourth-order valence-electron chi connectivity index (χ4n) is 4.64. The first kappa shape index (κ1) is 27.0. The molecule has 1 aliphatic heterocycles. The van der Waals surface area contributed by atoms with Crippen LogP contribution in [-0.2, 0) is 21.2 Å². The van der Waals surface area contributed by atoms with E-state index in [1.807, 2.05) is 19.9 Å². The van der Waals surface area contributed by atoms with E-state index in [9.17, 15) is 13.2 Å². The highest BCUT2D eigenvalue weighted by molar-refractivity contribution is 7.89. The van der Waals surface area contributed by atoms with E-state index in [0.29, 0.717) is 36.7 Å². The molecule has 0 bridgehead atoms. The molecule has 1 N–H and O–H groups in total. The van der Waals surface area contributed by atoms with Gasteiger partial charge in [0.1, 0.15) is 11.5 Å². The zero-order chi connectivity index (χ0) is 25.8. The van der Waals surface area contributed by atoms with Gasteiger partial charge in [-0.1, -0.05) is 13.8 Å². The summed E-state index contributed by atoms with van der Waals surface area (Å²) in [6.07, 6.45) is 2.37. The van der Waals surface area contributed by atoms with Gasteiger partial charge in [-0.15, -0.1) is 0 Å². The van der Waals surface area contributed by atoms with Crippen LogP contribution in [-0.4, -0.2) is 45.9 Å². The second kappa shape index (κ2) is 11.4. The third-order valence-electron chi connectivity index (χ3n) is 6.66. The molecule has 3 rings (SSSR count). The van der Waals surface area contributed by atoms with Crippen molar-refractivity contribution < 1.29 is 22.7 Å². The van der Waals surface area contributed by atoms with Crippen LogP contribution in [0.1, 0.15) is 74.2 Å². The minimum atomic E-state index is -3.53. The number of rotatable bonds is 10. The topological polar surface area (TPSA) is 84.9 Å². The first-order valence-electron chi connectivity index (χ1n) is 12.2. The molecule has 1 heterocycles. The number of methoxy groups -OCH3 is 2. The van der Waals surface area contributed by atoms with E-state index < -0.39 is 10.0 Å². The number of nitrogens with one attached hydrogen (secondary N) is 1. The number of hydrogen-bond acceptors (Lipinski definition) is 5. The fraction of sp³-hybridized carbons (Fsp3) is 0.519. The first-order chi connectivity index (χ1) is 16.6. The predicted molar refractivity (Wildman–Crippen MR) is 138 cm³/mol. The van der Waals surface area contributed by atoms with Crippen LogP contribution in [0.5, 0.6) is 11.5 Å². The maximum Gasteiger partial charge on any atom is 0.243 e. The summed E-state index contributed by atoms with van der Waals surface area (Å²) < 4.78 is 38.5. The second-order valence-electron chi connectivity index (χ2n) is 9.48. The first-order valence-corrected chi connectivity index (χ1v) is 13.7. The molecule has 1 aliphatic rings. The van der Waals surface area contributed by atoms with Gasteiger partial charge in [-0.3, -0.25) is 4.79 Å². The maximum absolute atomic E-state index is 13.0. The van der Waals surface area contributed by atoms with Crippen LogP contribution < -0.4 is 14.8 Å². The average molecular weight is 503 g/mol. The Bertz CT molecular complexity index is 1150. The van der Waals surface area contributed by atoms with Crippen molar-refractivity contribution in [3.8, 4) is 11.5 Å². The van der Waals surface area contributed by atoms with Gasteiger partial charge in [0.25, 0.3) is 0 Å². The van der Waals surface area contributed by atoms with E-state index in [1.165, 1.54) is 4.31 Å². The molecule has 1 amide bonds. The summed E-state index contributed by atoms with van der Waals surface area (Å²) in [5.74, 6) is 1.63. The van der Waals surface area contributed by atoms with Gasteiger partial charge in [-0.2, -0.15) is 4.31 Å². The molecule has 0 aliphatic carbocycles. The standard InChI is InChI=1S/C27H38N2O5S/c1-18(2)23-17-24(19(3)15-26(23)34-6)20(4)28-27(30)12-9-21-16-22(10-11-25(21)33-5)35(31,32)29-13-7-8-14-29/h10-11,15-18,20H,7-9,12-14H2,1-6H3,(H,28,30)/t20-/m1/s1. The Kier molecular flexibility index (Phi) is 8.83. The number of aryl methyl sites for hydroxylation is 2. The average Bonchev–Trinajstić information content (AvgIpc) is 3.38. The van der Waals surface area contributed by atoms with Crippen LogP contribution in [0, 0.1) is 6.92 Å². The van der Waals surface area contributed by atoms with Gasteiger partial charge >= 0.3 is 0 Å². The summed E-state index contributed by atoms with van der Waals surface area (Å²) in [5, 5.41) is 3.09. The number of hydrogen-bond donors (Lipinski definition) is 1. The Morgan fingerprint density at radius 2 is 1.66 bits per heavy atom. The molecule has 2 aromatic rings. The van der Waals surface area contributed by atoms with Crippen molar-refractivity contribution in [3.05, 3.63) is 52.6 Å². The summed E-state index contributed by atoms with van der Waals surface area (Å²) in [5.41, 5.74) is 3.92. The molecule has 0 unspecified atom stereocenters. The number of carbonyl (C=O) groups is 1. The van der Waals surface area contributed by atoms with Gasteiger partial charge in [0.15, 0.2) is 0 Å². The molecule has 1 fully saturated rings. The van der Waals surface area contributed by atoms with Gasteiger partial charge in [-0.05, 0) is 91.6 Å². The van der Waals surface area contributed by atoms with Gasteiger partial charge in [0.2, 0.25) is 15.9 Å². The lowest BCUT2D eigenvalue weighted by Crippen LogP contribution is -2.28. The Labute approximate surface area is 209 Å². The molecule has 1 atom stereocenters. The predicted octanol–water partition coefficient (Wildman–Crippen LogP) is 4.73. The highest BCUT2D eigenvalue weighted by atomic mass is 32.2. The van der Waals surface area contributed by atoms with E-state index in [2.05, 4.69) is 25.2 Å². The molecule has 1 saturated heterocycles. The van der Waals surface area contributed by atoms with E-state index in [0.717, 1.165) is 35.3 Å². The molecule has 2 aromatic carbocycles. The lowest BCUT2D eigenvalue weighted by atomic mass is 9.93. The smallest absolute Gasteiger partial charge is 0.243 e. The second-order valence-corrected chi connectivity index (χ2v) is 11.4. The SMILES string of the molecule is COc1ccc(S(=O)(=O)N2CCCC2)cc1CCC(=O)N[C@H](C)c1cc(C(C)C)c(OC)cc1C. The Balaban J connectivity index is 1.72. The Morgan fingerprint density at radius 1 is 1.00 bits per heavy atom. The van der Waals surface area contributed by atoms with Crippen molar-refractivity contribution in [3.63, 3.8) is 0 Å². The van der Waals surface area contributed by atoms with E-state index in [4.69, 9.17) is 9.47 Å². The highest BCUT2D eigenvalue weighted by Crippen LogP contribution is 2.32. The molecule has 192 valence electrons. The number of amides is 1. The van der Waals surface area contributed by atoms with Crippen molar-refractivity contribution in [1.29, 1.82) is 0 Å². The van der Waals surface area contributed by atoms with Gasteiger partial charge in [0, 0.05) is 19.5 Å². The maximum atomic E-state index is 13.0. The number of ether oxygens (including phenoxy) is 2. The third-order valence-corrected chi connectivity index (χ3v) is 8.56. The molecular formula is C27H38N2O5S. The lowest BCUT2D eigenvalue weighted by Gasteiger charge is -2.21. The summed E-state index contributed by atoms with van der Waals surface area (Å²) in [4.78, 5) is 13.1. The number of carbonyl (C=O) groups excluding carboxylic acids is 1. The lowest BCUT2D eigenvalue weighted by molar-refractivity contribution is -0.121. The summed E-state index contributed by atoms with van der Waals surface area (Å²) in [6, 6.07) is 8.86. The molecular weight excluding hydrogens is 464 g/mol. The number of sulfonamides is 1. The molecule has 8 heteroatoms. The zero-order valence-corrected chi connectivity index (χ0v) is 22.5. The van der Waals surface area contributed by atoms with E-state index in [1.54, 1.807) is 32.4 Å². The third kappa shape index (κ3) is 6.16. The van der Waals surface area contributed by atoms with Crippen LogP contribution in [0.2, 0.25) is 0 Å². The van der Waals surface area contributed by atoms with Crippen molar-refractivity contribution in [2.24, 2.45) is 0 Å². The number of nitrogens with zero attached hydrogens (tertiary/aromatic N) is 1. The molecule has 0 spiro atoms. The summed E-state index contributed by atoms with van der Waals surface area (Å²) >= 11 is 0. The highest BCUT2D eigenvalue weighted by Gasteiger charge is 2.28. The quantitative estimate of drug-likeness (QED) is 0.508. The fourth-order valence-corrected chi connectivity index (χ4v) is 6.21. The Hall–Kier alpha value is -2.58.